The van der Waals surface area contributed by atoms with Crippen molar-refractivity contribution < 1.29 is 24.3 Å². The first-order chi connectivity index (χ1) is 14.4. The number of aromatic nitrogens is 1. The molecule has 1 saturated heterocycles. The first-order valence-electron chi connectivity index (χ1n) is 9.07. The minimum absolute atomic E-state index is 0.194. The van der Waals surface area contributed by atoms with Gasteiger partial charge in [0.15, 0.2) is 5.78 Å². The molecular weight excluding hydrogens is 404 g/mol. The SMILES string of the molecule is O=C(O)Cn1cc(/C=C2\SC(=O)N(CC(=O)c3ccccc3)C2=O)c2ccccc21. The fourth-order valence-electron chi connectivity index (χ4n) is 3.30. The number of nitrogens with zero attached hydrogens (tertiary/aromatic N) is 2. The number of aliphatic carboxylic acids is 1. The van der Waals surface area contributed by atoms with Gasteiger partial charge in [0.1, 0.15) is 6.54 Å². The maximum absolute atomic E-state index is 12.8. The third-order valence-corrected chi connectivity index (χ3v) is 5.59. The van der Waals surface area contributed by atoms with Crippen molar-refractivity contribution in [2.75, 3.05) is 6.54 Å². The lowest BCUT2D eigenvalue weighted by Gasteiger charge is -2.11. The van der Waals surface area contributed by atoms with Crippen LogP contribution in [0.1, 0.15) is 15.9 Å². The van der Waals surface area contributed by atoms with Crippen LogP contribution in [0.4, 0.5) is 4.79 Å². The van der Waals surface area contributed by atoms with Crippen LogP contribution in [0.25, 0.3) is 17.0 Å². The Balaban J connectivity index is 1.62. The van der Waals surface area contributed by atoms with Crippen LogP contribution in [0.15, 0.2) is 65.7 Å². The highest BCUT2D eigenvalue weighted by molar-refractivity contribution is 8.18. The van der Waals surface area contributed by atoms with E-state index in [9.17, 15) is 19.2 Å². The first kappa shape index (κ1) is 19.7. The highest BCUT2D eigenvalue weighted by Crippen LogP contribution is 2.34. The van der Waals surface area contributed by atoms with E-state index in [1.54, 1.807) is 59.3 Å². The third-order valence-electron chi connectivity index (χ3n) is 4.68. The summed E-state index contributed by atoms with van der Waals surface area (Å²) >= 11 is 0.766. The molecule has 0 radical (unpaired) electrons. The highest BCUT2D eigenvalue weighted by Gasteiger charge is 2.36. The van der Waals surface area contributed by atoms with Gasteiger partial charge in [-0.25, -0.2) is 0 Å². The molecule has 3 aromatic rings. The summed E-state index contributed by atoms with van der Waals surface area (Å²) in [7, 11) is 0. The number of carboxylic acid groups (broad SMARTS) is 1. The number of imide groups is 1. The summed E-state index contributed by atoms with van der Waals surface area (Å²) in [5.74, 6) is -1.84. The molecule has 4 rings (SSSR count). The van der Waals surface area contributed by atoms with Crippen molar-refractivity contribution in [1.29, 1.82) is 0 Å². The minimum Gasteiger partial charge on any atom is -0.480 e. The lowest BCUT2D eigenvalue weighted by atomic mass is 10.1. The molecule has 0 aliphatic carbocycles. The Morgan fingerprint density at radius 3 is 2.40 bits per heavy atom. The van der Waals surface area contributed by atoms with E-state index >= 15 is 0 Å². The Morgan fingerprint density at radius 1 is 0.967 bits per heavy atom. The van der Waals surface area contributed by atoms with E-state index < -0.39 is 17.1 Å². The van der Waals surface area contributed by atoms with Crippen molar-refractivity contribution >= 4 is 51.6 Å². The molecule has 1 aromatic heterocycles. The van der Waals surface area contributed by atoms with Gasteiger partial charge >= 0.3 is 5.97 Å². The topological polar surface area (TPSA) is 96.7 Å². The molecule has 0 saturated carbocycles. The van der Waals surface area contributed by atoms with Crippen LogP contribution in [0, 0.1) is 0 Å². The lowest BCUT2D eigenvalue weighted by molar-refractivity contribution is -0.137. The van der Waals surface area contributed by atoms with E-state index in [1.165, 1.54) is 0 Å². The van der Waals surface area contributed by atoms with Crippen LogP contribution in [0.2, 0.25) is 0 Å². The predicted octanol–water partition coefficient (Wildman–Crippen LogP) is 3.65. The maximum Gasteiger partial charge on any atom is 0.323 e. The van der Waals surface area contributed by atoms with Crippen LogP contribution in [0.5, 0.6) is 0 Å². The highest BCUT2D eigenvalue weighted by atomic mass is 32.2. The van der Waals surface area contributed by atoms with Gasteiger partial charge < -0.3 is 9.67 Å². The molecule has 8 heteroatoms. The Labute approximate surface area is 175 Å². The molecule has 0 atom stereocenters. The number of carbonyl (C=O) groups excluding carboxylic acids is 3. The van der Waals surface area contributed by atoms with Crippen LogP contribution < -0.4 is 0 Å². The minimum atomic E-state index is -0.984. The van der Waals surface area contributed by atoms with E-state index in [1.807, 2.05) is 12.1 Å². The number of amides is 2. The molecule has 0 bridgehead atoms. The monoisotopic (exact) mass is 420 g/mol. The average molecular weight is 420 g/mol. The Bertz CT molecular complexity index is 1210. The Hall–Kier alpha value is -3.65. The van der Waals surface area contributed by atoms with Crippen LogP contribution in [-0.2, 0) is 16.1 Å². The largest absolute Gasteiger partial charge is 0.480 e. The summed E-state index contributed by atoms with van der Waals surface area (Å²) in [5, 5.41) is 9.39. The van der Waals surface area contributed by atoms with Gasteiger partial charge in [-0.3, -0.25) is 24.1 Å². The van der Waals surface area contributed by atoms with Crippen molar-refractivity contribution in [2.24, 2.45) is 0 Å². The normalized spacial score (nSPS) is 15.3. The van der Waals surface area contributed by atoms with E-state index in [0.29, 0.717) is 16.6 Å². The maximum atomic E-state index is 12.8. The lowest BCUT2D eigenvalue weighted by Crippen LogP contribution is -2.33. The summed E-state index contributed by atoms with van der Waals surface area (Å²) in [4.78, 5) is 49.8. The van der Waals surface area contributed by atoms with Gasteiger partial charge in [0, 0.05) is 28.2 Å². The van der Waals surface area contributed by atoms with Gasteiger partial charge in [0.25, 0.3) is 11.1 Å². The van der Waals surface area contributed by atoms with Gasteiger partial charge in [-0.1, -0.05) is 48.5 Å². The van der Waals surface area contributed by atoms with Gasteiger partial charge in [-0.05, 0) is 23.9 Å². The number of para-hydroxylation sites is 1. The second kappa shape index (κ2) is 8.00. The second-order valence-corrected chi connectivity index (χ2v) is 7.67. The van der Waals surface area contributed by atoms with Crippen molar-refractivity contribution in [1.82, 2.24) is 9.47 Å². The van der Waals surface area contributed by atoms with Crippen molar-refractivity contribution in [2.45, 2.75) is 6.54 Å². The molecule has 150 valence electrons. The van der Waals surface area contributed by atoms with Crippen LogP contribution >= 0.6 is 11.8 Å². The van der Waals surface area contributed by atoms with E-state index in [4.69, 9.17) is 5.11 Å². The Kier molecular flexibility index (Phi) is 5.24. The zero-order valence-electron chi connectivity index (χ0n) is 15.6. The van der Waals surface area contributed by atoms with Crippen molar-refractivity contribution in [3.63, 3.8) is 0 Å². The number of ketones is 1. The number of Topliss-reactive ketones (excluding diaryl/α,β-unsaturated/α-hetero) is 1. The zero-order chi connectivity index (χ0) is 21.3. The van der Waals surface area contributed by atoms with Crippen LogP contribution in [0.3, 0.4) is 0 Å². The molecular formula is C22H16N2O5S. The molecule has 0 unspecified atom stereocenters. The molecule has 2 amide bonds. The standard InChI is InChI=1S/C22H16N2O5S/c25-18(14-6-2-1-3-7-14)12-24-21(28)19(30-22(24)29)10-15-11-23(13-20(26)27)17-9-5-4-8-16(15)17/h1-11H,12-13H2,(H,26,27)/b19-10-. The number of hydrogen-bond donors (Lipinski definition) is 1. The second-order valence-electron chi connectivity index (χ2n) is 6.68. The van der Waals surface area contributed by atoms with Crippen LogP contribution in [-0.4, -0.2) is 44.0 Å². The van der Waals surface area contributed by atoms with Gasteiger partial charge in [0.2, 0.25) is 0 Å². The molecule has 30 heavy (non-hydrogen) atoms. The third kappa shape index (κ3) is 3.77. The number of hydrogen-bond acceptors (Lipinski definition) is 5. The average Bonchev–Trinajstić information content (AvgIpc) is 3.20. The van der Waals surface area contributed by atoms with Crippen molar-refractivity contribution in [3.8, 4) is 0 Å². The van der Waals surface area contributed by atoms with Gasteiger partial charge in [-0.2, -0.15) is 0 Å². The summed E-state index contributed by atoms with van der Waals surface area (Å²) in [5.41, 5.74) is 1.77. The Morgan fingerprint density at radius 2 is 1.67 bits per heavy atom. The van der Waals surface area contributed by atoms with E-state index in [2.05, 4.69) is 0 Å². The molecule has 2 heterocycles. The molecule has 1 aliphatic heterocycles. The molecule has 1 fully saturated rings. The molecule has 7 nitrogen and oxygen atoms in total. The number of carboxylic acids is 1. The van der Waals surface area contributed by atoms with E-state index in [-0.39, 0.29) is 23.8 Å². The summed E-state index contributed by atoms with van der Waals surface area (Å²) in [6, 6.07) is 15.7. The molecule has 1 aliphatic rings. The molecule has 2 aromatic carbocycles. The number of carbonyl (C=O) groups is 4. The first-order valence-corrected chi connectivity index (χ1v) is 9.89. The quantitative estimate of drug-likeness (QED) is 0.483. The number of benzene rings is 2. The fourth-order valence-corrected chi connectivity index (χ4v) is 4.13. The summed E-state index contributed by atoms with van der Waals surface area (Å²) in [6.07, 6.45) is 3.21. The summed E-state index contributed by atoms with van der Waals surface area (Å²) in [6.45, 7) is -0.547. The molecule has 0 spiro atoms. The predicted molar refractivity (Wildman–Crippen MR) is 113 cm³/mol. The van der Waals surface area contributed by atoms with Gasteiger partial charge in [-0.15, -0.1) is 0 Å². The van der Waals surface area contributed by atoms with Crippen molar-refractivity contribution in [3.05, 3.63) is 76.8 Å². The summed E-state index contributed by atoms with van der Waals surface area (Å²) < 4.78 is 1.58. The van der Waals surface area contributed by atoms with Gasteiger partial charge in [0.05, 0.1) is 11.4 Å². The zero-order valence-corrected chi connectivity index (χ0v) is 16.5. The number of fused-ring (bicyclic) bond motifs is 1. The fraction of sp³-hybridized carbons (Fsp3) is 0.0909. The molecule has 1 N–H and O–H groups in total. The smallest absolute Gasteiger partial charge is 0.323 e. The number of thioether (sulfide) groups is 1. The number of rotatable bonds is 6. The van der Waals surface area contributed by atoms with E-state index in [0.717, 1.165) is 22.0 Å².